The summed E-state index contributed by atoms with van der Waals surface area (Å²) in [6.45, 7) is 2.84. The third-order valence-corrected chi connectivity index (χ3v) is 3.15. The summed E-state index contributed by atoms with van der Waals surface area (Å²) in [7, 11) is 1.79. The van der Waals surface area contributed by atoms with Gasteiger partial charge in [-0.15, -0.1) is 5.10 Å². The highest BCUT2D eigenvalue weighted by molar-refractivity contribution is 6.30. The summed E-state index contributed by atoms with van der Waals surface area (Å²) in [5, 5.41) is 11.4. The quantitative estimate of drug-likeness (QED) is 0.917. The van der Waals surface area contributed by atoms with E-state index in [9.17, 15) is 4.39 Å². The van der Waals surface area contributed by atoms with Crippen LogP contribution in [-0.2, 0) is 7.05 Å². The monoisotopic (exact) mass is 282 g/mol. The number of aromatic nitrogens is 3. The predicted octanol–water partition coefficient (Wildman–Crippen LogP) is 2.70. The van der Waals surface area contributed by atoms with E-state index in [4.69, 9.17) is 11.6 Å². The normalized spacial score (nSPS) is 12.6. The molecule has 0 amide bonds. The minimum absolute atomic E-state index is 0.280. The van der Waals surface area contributed by atoms with Gasteiger partial charge in [0.1, 0.15) is 5.82 Å². The molecule has 1 unspecified atom stereocenters. The molecule has 0 aliphatic rings. The maximum Gasteiger partial charge on any atom is 0.129 e. The van der Waals surface area contributed by atoms with Crippen LogP contribution in [0.2, 0.25) is 5.02 Å². The van der Waals surface area contributed by atoms with E-state index in [0.717, 1.165) is 18.7 Å². The van der Waals surface area contributed by atoms with E-state index in [0.29, 0.717) is 10.6 Å². The molecule has 6 heteroatoms. The van der Waals surface area contributed by atoms with E-state index in [1.165, 1.54) is 6.07 Å². The molecule has 2 aromatic rings. The zero-order valence-corrected chi connectivity index (χ0v) is 11.7. The molecule has 4 nitrogen and oxygen atoms in total. The molecule has 1 atom stereocenters. The van der Waals surface area contributed by atoms with Gasteiger partial charge in [-0.2, -0.15) is 0 Å². The SMILES string of the molecule is CCCNC(c1ccc(Cl)cc1F)c1cnnn1C. The Morgan fingerprint density at radius 2 is 2.26 bits per heavy atom. The Hall–Kier alpha value is -1.46. The highest BCUT2D eigenvalue weighted by atomic mass is 35.5. The van der Waals surface area contributed by atoms with Gasteiger partial charge in [0.25, 0.3) is 0 Å². The second kappa shape index (κ2) is 6.12. The van der Waals surface area contributed by atoms with Gasteiger partial charge in [-0.05, 0) is 25.1 Å². The minimum atomic E-state index is -0.331. The number of halogens is 2. The maximum atomic E-state index is 14.1. The summed E-state index contributed by atoms with van der Waals surface area (Å²) in [6, 6.07) is 4.42. The van der Waals surface area contributed by atoms with E-state index >= 15 is 0 Å². The van der Waals surface area contributed by atoms with Gasteiger partial charge >= 0.3 is 0 Å². The van der Waals surface area contributed by atoms with Crippen LogP contribution in [0.1, 0.15) is 30.6 Å². The lowest BCUT2D eigenvalue weighted by atomic mass is 10.0. The van der Waals surface area contributed by atoms with Gasteiger partial charge in [-0.3, -0.25) is 4.68 Å². The number of aryl methyl sites for hydroxylation is 1. The van der Waals surface area contributed by atoms with E-state index in [-0.39, 0.29) is 11.9 Å². The van der Waals surface area contributed by atoms with Gasteiger partial charge in [0.15, 0.2) is 0 Å². The average Bonchev–Trinajstić information content (AvgIpc) is 2.78. The van der Waals surface area contributed by atoms with Crippen molar-refractivity contribution in [2.24, 2.45) is 7.05 Å². The molecular formula is C13H16ClFN4. The number of nitrogens with zero attached hydrogens (tertiary/aromatic N) is 3. The Bertz CT molecular complexity index is 555. The average molecular weight is 283 g/mol. The smallest absolute Gasteiger partial charge is 0.129 e. The molecule has 1 heterocycles. The summed E-state index contributed by atoms with van der Waals surface area (Å²) < 4.78 is 15.7. The molecule has 19 heavy (non-hydrogen) atoms. The lowest BCUT2D eigenvalue weighted by Crippen LogP contribution is -2.26. The molecule has 1 N–H and O–H groups in total. The topological polar surface area (TPSA) is 42.7 Å². The first-order valence-corrected chi connectivity index (χ1v) is 6.54. The molecule has 0 radical (unpaired) electrons. The summed E-state index contributed by atoms with van der Waals surface area (Å²) in [6.07, 6.45) is 2.60. The van der Waals surface area contributed by atoms with Crippen LogP contribution in [0.5, 0.6) is 0 Å². The van der Waals surface area contributed by atoms with Gasteiger partial charge in [-0.1, -0.05) is 29.8 Å². The lowest BCUT2D eigenvalue weighted by Gasteiger charge is -2.19. The largest absolute Gasteiger partial charge is 0.305 e. The van der Waals surface area contributed by atoms with E-state index in [1.807, 2.05) is 0 Å². The first kappa shape index (κ1) is 14.0. The summed E-state index contributed by atoms with van der Waals surface area (Å²) in [4.78, 5) is 0. The fourth-order valence-electron chi connectivity index (χ4n) is 1.96. The fraction of sp³-hybridized carbons (Fsp3) is 0.385. The maximum absolute atomic E-state index is 14.1. The zero-order chi connectivity index (χ0) is 13.8. The third kappa shape index (κ3) is 3.11. The molecule has 0 saturated heterocycles. The second-order valence-corrected chi connectivity index (χ2v) is 4.77. The molecular weight excluding hydrogens is 267 g/mol. The number of hydrogen-bond donors (Lipinski definition) is 1. The van der Waals surface area contributed by atoms with E-state index in [1.54, 1.807) is 30.1 Å². The molecule has 0 saturated carbocycles. The van der Waals surface area contributed by atoms with Gasteiger partial charge < -0.3 is 5.32 Å². The molecule has 1 aromatic carbocycles. The van der Waals surface area contributed by atoms with Crippen LogP contribution < -0.4 is 5.32 Å². The molecule has 102 valence electrons. The highest BCUT2D eigenvalue weighted by Crippen LogP contribution is 2.25. The lowest BCUT2D eigenvalue weighted by molar-refractivity contribution is 0.519. The van der Waals surface area contributed by atoms with Gasteiger partial charge in [-0.25, -0.2) is 4.39 Å². The number of hydrogen-bond acceptors (Lipinski definition) is 3. The second-order valence-electron chi connectivity index (χ2n) is 4.34. The molecule has 0 bridgehead atoms. The Kier molecular flexibility index (Phi) is 4.50. The predicted molar refractivity (Wildman–Crippen MR) is 72.5 cm³/mol. The van der Waals surface area contributed by atoms with E-state index < -0.39 is 0 Å². The molecule has 0 aliphatic carbocycles. The first-order chi connectivity index (χ1) is 9.13. The summed E-state index contributed by atoms with van der Waals surface area (Å²) in [5.74, 6) is -0.331. The molecule has 0 spiro atoms. The Morgan fingerprint density at radius 3 is 2.84 bits per heavy atom. The fourth-order valence-corrected chi connectivity index (χ4v) is 2.12. The van der Waals surface area contributed by atoms with Crippen molar-refractivity contribution in [2.75, 3.05) is 6.54 Å². The van der Waals surface area contributed by atoms with Gasteiger partial charge in [0.05, 0.1) is 17.9 Å². The van der Waals surface area contributed by atoms with Crippen LogP contribution >= 0.6 is 11.6 Å². The Balaban J connectivity index is 2.40. The van der Waals surface area contributed by atoms with Crippen molar-refractivity contribution in [3.05, 3.63) is 46.5 Å². The number of nitrogens with one attached hydrogen (secondary N) is 1. The van der Waals surface area contributed by atoms with Crippen molar-refractivity contribution < 1.29 is 4.39 Å². The first-order valence-electron chi connectivity index (χ1n) is 6.16. The van der Waals surface area contributed by atoms with Crippen LogP contribution in [0.4, 0.5) is 4.39 Å². The van der Waals surface area contributed by atoms with Crippen molar-refractivity contribution in [3.63, 3.8) is 0 Å². The standard InChI is InChI=1S/C13H16ClFN4/c1-3-6-16-13(12-8-17-18-19(12)2)10-5-4-9(14)7-11(10)15/h4-5,7-8,13,16H,3,6H2,1-2H3. The van der Waals surface area contributed by atoms with Crippen LogP contribution in [-0.4, -0.2) is 21.5 Å². The molecule has 2 rings (SSSR count). The molecule has 0 aliphatic heterocycles. The van der Waals surface area contributed by atoms with Crippen molar-refractivity contribution in [1.29, 1.82) is 0 Å². The van der Waals surface area contributed by atoms with Crippen LogP contribution in [0.15, 0.2) is 24.4 Å². The van der Waals surface area contributed by atoms with Crippen molar-refractivity contribution in [3.8, 4) is 0 Å². The molecule has 0 fully saturated rings. The number of benzene rings is 1. The van der Waals surface area contributed by atoms with Gasteiger partial charge in [0.2, 0.25) is 0 Å². The van der Waals surface area contributed by atoms with Gasteiger partial charge in [0, 0.05) is 17.6 Å². The third-order valence-electron chi connectivity index (χ3n) is 2.92. The molecule has 1 aromatic heterocycles. The Labute approximate surface area is 116 Å². The van der Waals surface area contributed by atoms with E-state index in [2.05, 4.69) is 22.6 Å². The Morgan fingerprint density at radius 1 is 1.47 bits per heavy atom. The van der Waals surface area contributed by atoms with Crippen LogP contribution in [0.25, 0.3) is 0 Å². The number of rotatable bonds is 5. The highest BCUT2D eigenvalue weighted by Gasteiger charge is 2.20. The van der Waals surface area contributed by atoms with Crippen molar-refractivity contribution in [1.82, 2.24) is 20.3 Å². The van der Waals surface area contributed by atoms with Crippen LogP contribution in [0, 0.1) is 5.82 Å². The summed E-state index contributed by atoms with van der Waals surface area (Å²) in [5.41, 5.74) is 1.36. The minimum Gasteiger partial charge on any atom is -0.305 e. The summed E-state index contributed by atoms with van der Waals surface area (Å²) >= 11 is 5.79. The van der Waals surface area contributed by atoms with Crippen LogP contribution in [0.3, 0.4) is 0 Å². The van der Waals surface area contributed by atoms with Crippen molar-refractivity contribution >= 4 is 11.6 Å². The van der Waals surface area contributed by atoms with Crippen molar-refractivity contribution in [2.45, 2.75) is 19.4 Å². The zero-order valence-electron chi connectivity index (χ0n) is 10.9.